The zero-order valence-corrected chi connectivity index (χ0v) is 12.3. The van der Waals surface area contributed by atoms with Gasteiger partial charge in [-0.25, -0.2) is 0 Å². The van der Waals surface area contributed by atoms with Crippen LogP contribution in [0.15, 0.2) is 53.6 Å². The Morgan fingerprint density at radius 2 is 1.78 bits per heavy atom. The number of hydrogen-bond acceptors (Lipinski definition) is 6. The summed E-state index contributed by atoms with van der Waals surface area (Å²) in [5, 5.41) is 25.8. The molecule has 0 aliphatic heterocycles. The number of hydrogen-bond donors (Lipinski definition) is 1. The van der Waals surface area contributed by atoms with Gasteiger partial charge in [0.25, 0.3) is 5.69 Å². The quantitative estimate of drug-likeness (QED) is 0.498. The van der Waals surface area contributed by atoms with Crippen LogP contribution >= 0.6 is 0 Å². The van der Waals surface area contributed by atoms with Crippen LogP contribution < -0.4 is 5.43 Å². The van der Waals surface area contributed by atoms with Gasteiger partial charge in [-0.3, -0.25) is 25.7 Å². The summed E-state index contributed by atoms with van der Waals surface area (Å²) in [6.45, 7) is 1.79. The molecule has 0 aliphatic rings. The standard InChI is InChI=1S/C15H14N4O4/c1-11(9-12-5-3-2-4-6-12)16-17-14-8-7-13(18(20)21)10-15(14)19(22)23/h2-8,10,17H,9H2,1H3/b16-11-. The lowest BCUT2D eigenvalue weighted by molar-refractivity contribution is -0.393. The maximum absolute atomic E-state index is 11.0. The van der Waals surface area contributed by atoms with Crippen molar-refractivity contribution in [2.24, 2.45) is 5.10 Å². The summed E-state index contributed by atoms with van der Waals surface area (Å²) < 4.78 is 0. The van der Waals surface area contributed by atoms with Crippen molar-refractivity contribution in [3.05, 3.63) is 74.3 Å². The number of nitro groups is 2. The molecule has 0 unspecified atom stereocenters. The maximum atomic E-state index is 11.0. The smallest absolute Gasteiger partial charge is 0.272 e. The predicted molar refractivity (Wildman–Crippen MR) is 86.6 cm³/mol. The van der Waals surface area contributed by atoms with Crippen molar-refractivity contribution in [1.29, 1.82) is 0 Å². The van der Waals surface area contributed by atoms with Gasteiger partial charge in [-0.05, 0) is 18.6 Å². The van der Waals surface area contributed by atoms with Crippen molar-refractivity contribution in [3.63, 3.8) is 0 Å². The molecule has 2 aromatic rings. The van der Waals surface area contributed by atoms with E-state index in [2.05, 4.69) is 10.5 Å². The highest BCUT2D eigenvalue weighted by molar-refractivity contribution is 5.85. The van der Waals surface area contributed by atoms with E-state index in [1.165, 1.54) is 12.1 Å². The zero-order valence-electron chi connectivity index (χ0n) is 12.3. The first kappa shape index (κ1) is 16.1. The first-order valence-corrected chi connectivity index (χ1v) is 6.73. The minimum atomic E-state index is -0.683. The molecule has 2 aromatic carbocycles. The third kappa shape index (κ3) is 4.34. The van der Waals surface area contributed by atoms with Gasteiger partial charge in [0.2, 0.25) is 0 Å². The maximum Gasteiger partial charge on any atom is 0.301 e. The van der Waals surface area contributed by atoms with Crippen LogP contribution in [0.1, 0.15) is 12.5 Å². The van der Waals surface area contributed by atoms with E-state index in [0.29, 0.717) is 6.42 Å². The molecule has 0 aliphatic carbocycles. The molecule has 0 atom stereocenters. The summed E-state index contributed by atoms with van der Waals surface area (Å²) >= 11 is 0. The third-order valence-electron chi connectivity index (χ3n) is 3.06. The highest BCUT2D eigenvalue weighted by Crippen LogP contribution is 2.28. The first-order chi connectivity index (χ1) is 11.0. The number of nitrogens with zero attached hydrogens (tertiary/aromatic N) is 3. The molecular formula is C15H14N4O4. The summed E-state index contributed by atoms with van der Waals surface area (Å²) in [4.78, 5) is 20.4. The van der Waals surface area contributed by atoms with Crippen LogP contribution in [0.2, 0.25) is 0 Å². The van der Waals surface area contributed by atoms with Crippen molar-refractivity contribution < 1.29 is 9.85 Å². The van der Waals surface area contributed by atoms with Gasteiger partial charge in [-0.1, -0.05) is 30.3 Å². The van der Waals surface area contributed by atoms with Crippen LogP contribution in [0.4, 0.5) is 17.1 Å². The predicted octanol–water partition coefficient (Wildman–Crippen LogP) is 3.53. The number of rotatable bonds is 6. The molecule has 0 saturated carbocycles. The van der Waals surface area contributed by atoms with E-state index in [9.17, 15) is 20.2 Å². The van der Waals surface area contributed by atoms with Gasteiger partial charge in [0, 0.05) is 18.2 Å². The average molecular weight is 314 g/mol. The van der Waals surface area contributed by atoms with Gasteiger partial charge >= 0.3 is 5.69 Å². The Balaban J connectivity index is 2.17. The highest BCUT2D eigenvalue weighted by Gasteiger charge is 2.19. The van der Waals surface area contributed by atoms with Crippen molar-refractivity contribution >= 4 is 22.8 Å². The number of benzene rings is 2. The fourth-order valence-electron chi connectivity index (χ4n) is 1.97. The van der Waals surface area contributed by atoms with Gasteiger partial charge in [0.1, 0.15) is 5.69 Å². The lowest BCUT2D eigenvalue weighted by Gasteiger charge is -2.05. The zero-order chi connectivity index (χ0) is 16.8. The lowest BCUT2D eigenvalue weighted by atomic mass is 10.1. The van der Waals surface area contributed by atoms with Crippen molar-refractivity contribution in [1.82, 2.24) is 0 Å². The molecule has 2 rings (SSSR count). The van der Waals surface area contributed by atoms with Crippen molar-refractivity contribution in [3.8, 4) is 0 Å². The number of nitro benzene ring substituents is 2. The fraction of sp³-hybridized carbons (Fsp3) is 0.133. The van der Waals surface area contributed by atoms with Crippen LogP contribution in [0, 0.1) is 20.2 Å². The summed E-state index contributed by atoms with van der Waals surface area (Å²) in [7, 11) is 0. The van der Waals surface area contributed by atoms with Crippen LogP contribution in [0.25, 0.3) is 0 Å². The molecular weight excluding hydrogens is 300 g/mol. The van der Waals surface area contributed by atoms with Gasteiger partial charge in [-0.2, -0.15) is 5.10 Å². The Labute approximate surface area is 131 Å². The van der Waals surface area contributed by atoms with Crippen molar-refractivity contribution in [2.45, 2.75) is 13.3 Å². The molecule has 8 nitrogen and oxygen atoms in total. The van der Waals surface area contributed by atoms with Crippen LogP contribution in [-0.2, 0) is 6.42 Å². The van der Waals surface area contributed by atoms with Crippen LogP contribution in [0.5, 0.6) is 0 Å². The molecule has 0 radical (unpaired) electrons. The van der Waals surface area contributed by atoms with E-state index in [0.717, 1.165) is 17.3 Å². The van der Waals surface area contributed by atoms with Crippen molar-refractivity contribution in [2.75, 3.05) is 5.43 Å². The molecule has 1 N–H and O–H groups in total. The minimum absolute atomic E-state index is 0.105. The molecule has 118 valence electrons. The molecule has 0 fully saturated rings. The normalized spacial score (nSPS) is 11.1. The Morgan fingerprint density at radius 3 is 2.39 bits per heavy atom. The molecule has 0 heterocycles. The third-order valence-corrected chi connectivity index (χ3v) is 3.06. The first-order valence-electron chi connectivity index (χ1n) is 6.73. The van der Waals surface area contributed by atoms with Gasteiger partial charge < -0.3 is 0 Å². The van der Waals surface area contributed by atoms with Gasteiger partial charge in [-0.15, -0.1) is 0 Å². The molecule has 0 spiro atoms. The Hall–Kier alpha value is -3.29. The Morgan fingerprint density at radius 1 is 1.09 bits per heavy atom. The monoisotopic (exact) mass is 314 g/mol. The van der Waals surface area contributed by atoms with E-state index in [4.69, 9.17) is 0 Å². The summed E-state index contributed by atoms with van der Waals surface area (Å²) in [6, 6.07) is 13.0. The number of non-ortho nitro benzene ring substituents is 1. The number of hydrazone groups is 1. The lowest BCUT2D eigenvalue weighted by Crippen LogP contribution is -2.03. The second kappa shape index (κ2) is 7.12. The molecule has 0 saturated heterocycles. The molecule has 0 aromatic heterocycles. The Kier molecular flexibility index (Phi) is 4.98. The molecule has 0 bridgehead atoms. The number of nitrogens with one attached hydrogen (secondary N) is 1. The summed E-state index contributed by atoms with van der Waals surface area (Å²) in [5.74, 6) is 0. The second-order valence-electron chi connectivity index (χ2n) is 4.84. The molecule has 0 amide bonds. The topological polar surface area (TPSA) is 111 Å². The second-order valence-corrected chi connectivity index (χ2v) is 4.84. The molecule has 8 heteroatoms. The summed E-state index contributed by atoms with van der Waals surface area (Å²) in [6.07, 6.45) is 0.592. The Bertz CT molecular complexity index is 759. The van der Waals surface area contributed by atoms with Crippen LogP contribution in [0.3, 0.4) is 0 Å². The van der Waals surface area contributed by atoms with Gasteiger partial charge in [0.15, 0.2) is 0 Å². The number of anilines is 1. The van der Waals surface area contributed by atoms with Crippen LogP contribution in [-0.4, -0.2) is 15.6 Å². The summed E-state index contributed by atoms with van der Waals surface area (Å²) in [5.41, 5.74) is 3.76. The van der Waals surface area contributed by atoms with E-state index >= 15 is 0 Å². The van der Waals surface area contributed by atoms with E-state index < -0.39 is 15.5 Å². The van der Waals surface area contributed by atoms with E-state index in [1.807, 2.05) is 30.3 Å². The SMILES string of the molecule is C/C(Cc1ccccc1)=N/Nc1ccc([N+](=O)[O-])cc1[N+](=O)[O-]. The molecule has 23 heavy (non-hydrogen) atoms. The minimum Gasteiger partial charge on any atom is -0.272 e. The largest absolute Gasteiger partial charge is 0.301 e. The highest BCUT2D eigenvalue weighted by atomic mass is 16.6. The fourth-order valence-corrected chi connectivity index (χ4v) is 1.97. The van der Waals surface area contributed by atoms with Gasteiger partial charge in [0.05, 0.1) is 15.9 Å². The average Bonchev–Trinajstić information content (AvgIpc) is 2.53. The van der Waals surface area contributed by atoms with E-state index in [1.54, 1.807) is 6.92 Å². The van der Waals surface area contributed by atoms with E-state index in [-0.39, 0.29) is 11.4 Å².